The SMILES string of the molecule is CC1CN(c2nc3c(cc2C(N)=NO)CCC3)CCS1. The van der Waals surface area contributed by atoms with Gasteiger partial charge in [-0.1, -0.05) is 12.1 Å². The normalized spacial score (nSPS) is 22.9. The van der Waals surface area contributed by atoms with Crippen LogP contribution >= 0.6 is 11.8 Å². The molecule has 1 unspecified atom stereocenters. The number of nitrogens with two attached hydrogens (primary N) is 1. The summed E-state index contributed by atoms with van der Waals surface area (Å²) in [6, 6.07) is 2.06. The summed E-state index contributed by atoms with van der Waals surface area (Å²) >= 11 is 1.98. The molecule has 5 nitrogen and oxygen atoms in total. The van der Waals surface area contributed by atoms with Crippen LogP contribution in [0.4, 0.5) is 5.82 Å². The number of aromatic nitrogens is 1. The van der Waals surface area contributed by atoms with Gasteiger partial charge in [-0.25, -0.2) is 4.98 Å². The Morgan fingerprint density at radius 2 is 2.40 bits per heavy atom. The zero-order chi connectivity index (χ0) is 14.1. The van der Waals surface area contributed by atoms with Crippen LogP contribution in [0.3, 0.4) is 0 Å². The minimum atomic E-state index is 0.160. The van der Waals surface area contributed by atoms with Crippen molar-refractivity contribution in [1.82, 2.24) is 4.98 Å². The molecule has 0 saturated carbocycles. The highest BCUT2D eigenvalue weighted by Crippen LogP contribution is 2.30. The number of amidine groups is 1. The van der Waals surface area contributed by atoms with Crippen LogP contribution in [0.1, 0.15) is 30.2 Å². The number of aryl methyl sites for hydroxylation is 2. The number of thioether (sulfide) groups is 1. The second kappa shape index (κ2) is 5.52. The van der Waals surface area contributed by atoms with Crippen molar-refractivity contribution in [2.45, 2.75) is 31.4 Å². The molecular weight excluding hydrogens is 272 g/mol. The number of fused-ring (bicyclic) bond motifs is 1. The van der Waals surface area contributed by atoms with Crippen molar-refractivity contribution < 1.29 is 5.21 Å². The first-order chi connectivity index (χ1) is 9.69. The van der Waals surface area contributed by atoms with E-state index in [0.717, 1.165) is 49.5 Å². The zero-order valence-electron chi connectivity index (χ0n) is 11.7. The zero-order valence-corrected chi connectivity index (χ0v) is 12.5. The topological polar surface area (TPSA) is 74.7 Å². The van der Waals surface area contributed by atoms with Crippen LogP contribution < -0.4 is 10.6 Å². The molecule has 3 rings (SSSR count). The van der Waals surface area contributed by atoms with Crippen LogP contribution in [0.5, 0.6) is 0 Å². The third kappa shape index (κ3) is 2.44. The Bertz CT molecular complexity index is 546. The molecule has 1 aromatic heterocycles. The van der Waals surface area contributed by atoms with E-state index in [-0.39, 0.29) is 5.84 Å². The van der Waals surface area contributed by atoms with E-state index in [9.17, 15) is 0 Å². The lowest BCUT2D eigenvalue weighted by Crippen LogP contribution is -2.38. The lowest BCUT2D eigenvalue weighted by Gasteiger charge is -2.33. The quantitative estimate of drug-likeness (QED) is 0.375. The lowest BCUT2D eigenvalue weighted by atomic mass is 10.1. The van der Waals surface area contributed by atoms with Gasteiger partial charge < -0.3 is 15.8 Å². The molecule has 0 radical (unpaired) electrons. The molecule has 20 heavy (non-hydrogen) atoms. The minimum Gasteiger partial charge on any atom is -0.409 e. The highest BCUT2D eigenvalue weighted by Gasteiger charge is 2.25. The number of anilines is 1. The van der Waals surface area contributed by atoms with E-state index in [2.05, 4.69) is 23.0 Å². The van der Waals surface area contributed by atoms with Gasteiger partial charge in [0.05, 0.1) is 5.56 Å². The van der Waals surface area contributed by atoms with Gasteiger partial charge >= 0.3 is 0 Å². The Balaban J connectivity index is 2.03. The van der Waals surface area contributed by atoms with Gasteiger partial charge in [-0.05, 0) is 30.9 Å². The summed E-state index contributed by atoms with van der Waals surface area (Å²) in [5, 5.41) is 12.8. The molecule has 0 spiro atoms. The van der Waals surface area contributed by atoms with Crippen molar-refractivity contribution in [1.29, 1.82) is 0 Å². The van der Waals surface area contributed by atoms with Crippen molar-refractivity contribution >= 4 is 23.4 Å². The van der Waals surface area contributed by atoms with Gasteiger partial charge in [0, 0.05) is 29.8 Å². The Kier molecular flexibility index (Phi) is 3.74. The standard InChI is InChI=1S/C14H20N4OS/c1-9-8-18(5-6-20-9)14-11(13(15)17-19)7-10-3-2-4-12(10)16-14/h7,9,19H,2-6,8H2,1H3,(H2,15,17). The molecule has 1 atom stereocenters. The van der Waals surface area contributed by atoms with Crippen molar-refractivity contribution in [3.63, 3.8) is 0 Å². The fourth-order valence-corrected chi connectivity index (χ4v) is 3.97. The van der Waals surface area contributed by atoms with Crippen molar-refractivity contribution in [2.75, 3.05) is 23.7 Å². The highest BCUT2D eigenvalue weighted by atomic mass is 32.2. The molecule has 1 aliphatic heterocycles. The molecule has 1 aromatic rings. The average molecular weight is 292 g/mol. The molecule has 2 heterocycles. The largest absolute Gasteiger partial charge is 0.409 e. The minimum absolute atomic E-state index is 0.160. The van der Waals surface area contributed by atoms with Crippen LogP contribution in [0.2, 0.25) is 0 Å². The van der Waals surface area contributed by atoms with Crippen molar-refractivity contribution in [2.24, 2.45) is 10.9 Å². The lowest BCUT2D eigenvalue weighted by molar-refractivity contribution is 0.318. The Morgan fingerprint density at radius 3 is 3.15 bits per heavy atom. The van der Waals surface area contributed by atoms with Crippen LogP contribution in [-0.4, -0.2) is 40.1 Å². The molecule has 2 aliphatic rings. The summed E-state index contributed by atoms with van der Waals surface area (Å²) < 4.78 is 0. The highest BCUT2D eigenvalue weighted by molar-refractivity contribution is 8.00. The summed E-state index contributed by atoms with van der Waals surface area (Å²) in [4.78, 5) is 7.10. The first-order valence-electron chi connectivity index (χ1n) is 7.06. The fraction of sp³-hybridized carbons (Fsp3) is 0.571. The third-order valence-corrected chi connectivity index (χ3v) is 5.09. The van der Waals surface area contributed by atoms with E-state index in [1.807, 2.05) is 11.8 Å². The summed E-state index contributed by atoms with van der Waals surface area (Å²) in [6.07, 6.45) is 3.23. The third-order valence-electron chi connectivity index (χ3n) is 3.95. The van der Waals surface area contributed by atoms with E-state index in [1.165, 1.54) is 11.3 Å². The number of hydrogen-bond donors (Lipinski definition) is 2. The van der Waals surface area contributed by atoms with Gasteiger partial charge in [-0.15, -0.1) is 0 Å². The molecule has 0 aromatic carbocycles. The molecule has 6 heteroatoms. The van der Waals surface area contributed by atoms with Gasteiger partial charge in [-0.3, -0.25) is 0 Å². The summed E-state index contributed by atoms with van der Waals surface area (Å²) in [5.74, 6) is 2.14. The second-order valence-electron chi connectivity index (χ2n) is 5.43. The van der Waals surface area contributed by atoms with Gasteiger partial charge in [0.2, 0.25) is 0 Å². The second-order valence-corrected chi connectivity index (χ2v) is 6.98. The fourth-order valence-electron chi connectivity index (χ4n) is 2.96. The maximum Gasteiger partial charge on any atom is 0.173 e. The van der Waals surface area contributed by atoms with Crippen LogP contribution in [0.15, 0.2) is 11.2 Å². The summed E-state index contributed by atoms with van der Waals surface area (Å²) in [7, 11) is 0. The van der Waals surface area contributed by atoms with E-state index >= 15 is 0 Å². The number of pyridine rings is 1. The Morgan fingerprint density at radius 1 is 1.55 bits per heavy atom. The van der Waals surface area contributed by atoms with Crippen LogP contribution in [0, 0.1) is 0 Å². The van der Waals surface area contributed by atoms with E-state index in [1.54, 1.807) is 0 Å². The average Bonchev–Trinajstić information content (AvgIpc) is 2.92. The molecule has 0 amide bonds. The summed E-state index contributed by atoms with van der Waals surface area (Å²) in [5.41, 5.74) is 9.06. The molecular formula is C14H20N4OS. The summed E-state index contributed by atoms with van der Waals surface area (Å²) in [6.45, 7) is 4.15. The predicted octanol–water partition coefficient (Wildman–Crippen LogP) is 1.61. The van der Waals surface area contributed by atoms with Gasteiger partial charge in [0.25, 0.3) is 0 Å². The van der Waals surface area contributed by atoms with E-state index < -0.39 is 0 Å². The maximum atomic E-state index is 9.02. The number of hydrogen-bond acceptors (Lipinski definition) is 5. The Hall–Kier alpha value is -1.43. The molecule has 1 fully saturated rings. The van der Waals surface area contributed by atoms with Gasteiger partial charge in [-0.2, -0.15) is 11.8 Å². The number of oxime groups is 1. The molecule has 0 bridgehead atoms. The first-order valence-corrected chi connectivity index (χ1v) is 8.11. The van der Waals surface area contributed by atoms with Gasteiger partial charge in [0.15, 0.2) is 5.84 Å². The molecule has 108 valence electrons. The smallest absolute Gasteiger partial charge is 0.173 e. The van der Waals surface area contributed by atoms with E-state index in [0.29, 0.717) is 5.25 Å². The molecule has 3 N–H and O–H groups in total. The monoisotopic (exact) mass is 292 g/mol. The van der Waals surface area contributed by atoms with Gasteiger partial charge in [0.1, 0.15) is 5.82 Å². The predicted molar refractivity (Wildman–Crippen MR) is 82.9 cm³/mol. The van der Waals surface area contributed by atoms with Crippen molar-refractivity contribution in [3.8, 4) is 0 Å². The van der Waals surface area contributed by atoms with Crippen molar-refractivity contribution in [3.05, 3.63) is 22.9 Å². The number of rotatable bonds is 2. The maximum absolute atomic E-state index is 9.02. The van der Waals surface area contributed by atoms with Crippen LogP contribution in [0.25, 0.3) is 0 Å². The van der Waals surface area contributed by atoms with E-state index in [4.69, 9.17) is 15.9 Å². The first kappa shape index (κ1) is 13.5. The number of nitrogens with zero attached hydrogens (tertiary/aromatic N) is 3. The molecule has 1 aliphatic carbocycles. The Labute approximate surface area is 123 Å². The molecule has 1 saturated heterocycles. The van der Waals surface area contributed by atoms with Crippen LogP contribution in [-0.2, 0) is 12.8 Å².